The highest BCUT2D eigenvalue weighted by Gasteiger charge is 2.17. The van der Waals surface area contributed by atoms with E-state index in [4.69, 9.17) is 4.74 Å². The number of ether oxygens (including phenoxy) is 1. The Morgan fingerprint density at radius 1 is 1.24 bits per heavy atom. The first-order valence-corrected chi connectivity index (χ1v) is 10.9. The number of hydrogen-bond donors (Lipinski definition) is 2. The van der Waals surface area contributed by atoms with Gasteiger partial charge in [0.2, 0.25) is 11.9 Å². The van der Waals surface area contributed by atoms with Crippen molar-refractivity contribution in [2.75, 3.05) is 57.4 Å². The van der Waals surface area contributed by atoms with Gasteiger partial charge in [-0.15, -0.1) is 0 Å². The fraction of sp³-hybridized carbons (Fsp3) is 0.762. The molecule has 3 heterocycles. The number of nitrogens with zero attached hydrogens (tertiary/aromatic N) is 3. The Morgan fingerprint density at radius 3 is 2.66 bits per heavy atom. The molecule has 2 N–H and O–H groups in total. The Balaban J connectivity index is 1.39. The van der Waals surface area contributed by atoms with Crippen LogP contribution in [-0.4, -0.2) is 73.3 Å². The van der Waals surface area contributed by atoms with Crippen LogP contribution in [0.2, 0.25) is 0 Å². The molecule has 0 bridgehead atoms. The second kappa shape index (κ2) is 10.7. The van der Waals surface area contributed by atoms with E-state index in [1.54, 1.807) is 0 Å². The third kappa shape index (κ3) is 6.54. The molecule has 8 nitrogen and oxygen atoms in total. The van der Waals surface area contributed by atoms with Gasteiger partial charge in [0.1, 0.15) is 0 Å². The van der Waals surface area contributed by atoms with Gasteiger partial charge in [0.25, 0.3) is 5.56 Å². The summed E-state index contributed by atoms with van der Waals surface area (Å²) >= 11 is 0. The number of anilines is 1. The maximum Gasteiger partial charge on any atom is 0.255 e. The van der Waals surface area contributed by atoms with E-state index < -0.39 is 0 Å². The summed E-state index contributed by atoms with van der Waals surface area (Å²) in [6, 6.07) is 0. The van der Waals surface area contributed by atoms with Crippen molar-refractivity contribution in [1.29, 1.82) is 0 Å². The van der Waals surface area contributed by atoms with Crippen LogP contribution in [-0.2, 0) is 16.0 Å². The van der Waals surface area contributed by atoms with E-state index in [-0.39, 0.29) is 11.5 Å². The minimum Gasteiger partial charge on any atom is -0.378 e. The van der Waals surface area contributed by atoms with Crippen LogP contribution >= 0.6 is 0 Å². The van der Waals surface area contributed by atoms with Gasteiger partial charge in [0, 0.05) is 37.3 Å². The Labute approximate surface area is 173 Å². The summed E-state index contributed by atoms with van der Waals surface area (Å²) in [6.07, 6.45) is 4.24. The van der Waals surface area contributed by atoms with Gasteiger partial charge in [-0.1, -0.05) is 6.92 Å². The average molecular weight is 406 g/mol. The molecule has 0 aromatic carbocycles. The molecular weight excluding hydrogens is 370 g/mol. The Hall–Kier alpha value is -1.93. The normalized spacial score (nSPS) is 18.8. The molecule has 0 radical (unpaired) electrons. The molecule has 0 atom stereocenters. The lowest BCUT2D eigenvalue weighted by Crippen LogP contribution is -2.38. The zero-order valence-corrected chi connectivity index (χ0v) is 17.8. The average Bonchev–Trinajstić information content (AvgIpc) is 2.72. The summed E-state index contributed by atoms with van der Waals surface area (Å²) in [5, 5.41) is 2.98. The number of morpholine rings is 1. The number of carbonyl (C=O) groups is 1. The Kier molecular flexibility index (Phi) is 8.06. The molecule has 2 aliphatic heterocycles. The predicted molar refractivity (Wildman–Crippen MR) is 113 cm³/mol. The molecule has 1 aromatic rings. The zero-order chi connectivity index (χ0) is 20.6. The van der Waals surface area contributed by atoms with Crippen LogP contribution in [0.3, 0.4) is 0 Å². The quantitative estimate of drug-likeness (QED) is 0.629. The molecule has 3 rings (SSSR count). The fourth-order valence-electron chi connectivity index (χ4n) is 3.96. The summed E-state index contributed by atoms with van der Waals surface area (Å²) in [6.45, 7) is 11.0. The Bertz CT molecular complexity index is 722. The smallest absolute Gasteiger partial charge is 0.255 e. The number of aromatic amines is 1. The third-order valence-electron chi connectivity index (χ3n) is 5.97. The van der Waals surface area contributed by atoms with Gasteiger partial charge in [-0.3, -0.25) is 14.6 Å². The van der Waals surface area contributed by atoms with Crippen molar-refractivity contribution in [2.45, 2.75) is 46.0 Å². The summed E-state index contributed by atoms with van der Waals surface area (Å²) in [4.78, 5) is 36.6. The molecular formula is C21H35N5O3. The van der Waals surface area contributed by atoms with E-state index in [2.05, 4.69) is 27.1 Å². The number of amides is 1. The number of rotatable bonds is 8. The van der Waals surface area contributed by atoms with Gasteiger partial charge in [-0.25, -0.2) is 4.98 Å². The van der Waals surface area contributed by atoms with Crippen LogP contribution in [0.1, 0.15) is 43.9 Å². The first-order chi connectivity index (χ1) is 14.0. The molecule has 0 aliphatic carbocycles. The lowest BCUT2D eigenvalue weighted by molar-refractivity contribution is -0.121. The van der Waals surface area contributed by atoms with E-state index in [0.29, 0.717) is 49.8 Å². The number of likely N-dealkylation sites (tertiary alicyclic amines) is 1. The number of nitrogens with one attached hydrogen (secondary N) is 2. The number of hydrogen-bond acceptors (Lipinski definition) is 6. The zero-order valence-electron chi connectivity index (χ0n) is 17.8. The molecule has 1 amide bonds. The molecule has 2 saturated heterocycles. The fourth-order valence-corrected chi connectivity index (χ4v) is 3.96. The molecule has 2 fully saturated rings. The van der Waals surface area contributed by atoms with Gasteiger partial charge in [-0.05, 0) is 58.2 Å². The van der Waals surface area contributed by atoms with Crippen molar-refractivity contribution >= 4 is 11.9 Å². The second-order valence-corrected chi connectivity index (χ2v) is 8.28. The summed E-state index contributed by atoms with van der Waals surface area (Å²) < 4.78 is 5.34. The number of carbonyl (C=O) groups excluding carboxylic acids is 1. The minimum atomic E-state index is -0.147. The second-order valence-electron chi connectivity index (χ2n) is 8.28. The lowest BCUT2D eigenvalue weighted by Gasteiger charge is -2.30. The minimum absolute atomic E-state index is 0.00618. The van der Waals surface area contributed by atoms with E-state index in [1.165, 1.54) is 25.9 Å². The van der Waals surface area contributed by atoms with Gasteiger partial charge < -0.3 is 19.9 Å². The maximum absolute atomic E-state index is 12.5. The monoisotopic (exact) mass is 405 g/mol. The highest BCUT2D eigenvalue weighted by Crippen LogP contribution is 2.15. The van der Waals surface area contributed by atoms with Crippen molar-refractivity contribution in [3.05, 3.63) is 21.6 Å². The van der Waals surface area contributed by atoms with Crippen molar-refractivity contribution in [2.24, 2.45) is 5.92 Å². The van der Waals surface area contributed by atoms with E-state index in [9.17, 15) is 9.59 Å². The number of aryl methyl sites for hydroxylation is 1. The predicted octanol–water partition coefficient (Wildman–Crippen LogP) is 1.09. The summed E-state index contributed by atoms with van der Waals surface area (Å²) in [5.74, 6) is 1.43. The first kappa shape index (κ1) is 21.8. The van der Waals surface area contributed by atoms with Crippen LogP contribution in [0.25, 0.3) is 0 Å². The van der Waals surface area contributed by atoms with E-state index >= 15 is 0 Å². The molecule has 2 aliphatic rings. The van der Waals surface area contributed by atoms with Crippen LogP contribution in [0.15, 0.2) is 4.79 Å². The molecule has 1 aromatic heterocycles. The third-order valence-corrected chi connectivity index (χ3v) is 5.97. The molecule has 0 unspecified atom stereocenters. The molecule has 162 valence electrons. The standard InChI is InChI=1S/C21H35N5O3/c1-16-6-10-25(11-7-16)9-3-8-22-19(27)5-4-18-17(2)23-21(24-20(18)28)26-12-14-29-15-13-26/h16H,3-15H2,1-2H3,(H,22,27)(H,23,24,28). The van der Waals surface area contributed by atoms with Gasteiger partial charge >= 0.3 is 0 Å². The van der Waals surface area contributed by atoms with Crippen LogP contribution in [0.5, 0.6) is 0 Å². The van der Waals surface area contributed by atoms with Crippen molar-refractivity contribution in [3.8, 4) is 0 Å². The van der Waals surface area contributed by atoms with E-state index in [0.717, 1.165) is 32.0 Å². The molecule has 8 heteroatoms. The van der Waals surface area contributed by atoms with Gasteiger partial charge in [0.05, 0.1) is 13.2 Å². The summed E-state index contributed by atoms with van der Waals surface area (Å²) in [7, 11) is 0. The molecule has 0 spiro atoms. The largest absolute Gasteiger partial charge is 0.378 e. The van der Waals surface area contributed by atoms with Crippen molar-refractivity contribution < 1.29 is 9.53 Å². The topological polar surface area (TPSA) is 90.6 Å². The molecule has 29 heavy (non-hydrogen) atoms. The summed E-state index contributed by atoms with van der Waals surface area (Å²) in [5.41, 5.74) is 1.15. The Morgan fingerprint density at radius 2 is 1.97 bits per heavy atom. The number of H-pyrrole nitrogens is 1. The van der Waals surface area contributed by atoms with E-state index in [1.807, 2.05) is 11.8 Å². The van der Waals surface area contributed by atoms with Crippen molar-refractivity contribution in [1.82, 2.24) is 20.2 Å². The van der Waals surface area contributed by atoms with Crippen LogP contribution in [0.4, 0.5) is 5.95 Å². The van der Waals surface area contributed by atoms with Gasteiger partial charge in [0.15, 0.2) is 0 Å². The lowest BCUT2D eigenvalue weighted by atomic mass is 9.99. The van der Waals surface area contributed by atoms with Crippen LogP contribution in [0, 0.1) is 12.8 Å². The SMILES string of the molecule is Cc1nc(N2CCOCC2)[nH]c(=O)c1CCC(=O)NCCCN1CCC(C)CC1. The highest BCUT2D eigenvalue weighted by molar-refractivity contribution is 5.76. The van der Waals surface area contributed by atoms with Gasteiger partial charge in [-0.2, -0.15) is 0 Å². The van der Waals surface area contributed by atoms with Crippen molar-refractivity contribution in [3.63, 3.8) is 0 Å². The molecule has 0 saturated carbocycles. The maximum atomic E-state index is 12.5. The number of piperidine rings is 1. The van der Waals surface area contributed by atoms with Crippen LogP contribution < -0.4 is 15.8 Å². The number of aromatic nitrogens is 2. The highest BCUT2D eigenvalue weighted by atomic mass is 16.5. The first-order valence-electron chi connectivity index (χ1n) is 10.9.